The molecular formula is C26H48N6O3Si. The summed E-state index contributed by atoms with van der Waals surface area (Å²) in [6.07, 6.45) is 2.28. The van der Waals surface area contributed by atoms with Gasteiger partial charge in [-0.15, -0.1) is 0 Å². The number of amides is 2. The van der Waals surface area contributed by atoms with Crippen molar-refractivity contribution in [2.45, 2.75) is 97.1 Å². The lowest BCUT2D eigenvalue weighted by atomic mass is 9.97. The van der Waals surface area contributed by atoms with E-state index in [1.165, 1.54) is 0 Å². The van der Waals surface area contributed by atoms with Crippen LogP contribution in [0.25, 0.3) is 0 Å². The molecule has 2 atom stereocenters. The van der Waals surface area contributed by atoms with Crippen LogP contribution in [0.1, 0.15) is 51.8 Å². The Morgan fingerprint density at radius 3 is 2.53 bits per heavy atom. The van der Waals surface area contributed by atoms with Crippen LogP contribution in [-0.2, 0) is 28.3 Å². The molecule has 0 aromatic carbocycles. The van der Waals surface area contributed by atoms with E-state index in [0.29, 0.717) is 31.1 Å². The second-order valence-corrected chi connectivity index (χ2v) is 18.5. The molecule has 4 rings (SSSR count). The topological polar surface area (TPSA) is 89.1 Å². The van der Waals surface area contributed by atoms with Crippen molar-refractivity contribution in [1.82, 2.24) is 24.5 Å². The van der Waals surface area contributed by atoms with E-state index >= 15 is 0 Å². The van der Waals surface area contributed by atoms with Crippen molar-refractivity contribution in [2.75, 3.05) is 45.2 Å². The summed E-state index contributed by atoms with van der Waals surface area (Å²) in [6, 6.07) is 1.69. The van der Waals surface area contributed by atoms with E-state index in [-0.39, 0.29) is 12.1 Å². The third-order valence-electron chi connectivity index (χ3n) is 8.29. The summed E-state index contributed by atoms with van der Waals surface area (Å²) in [7, 11) is -1.16. The van der Waals surface area contributed by atoms with E-state index in [1.807, 2.05) is 9.58 Å². The molecule has 3 aliphatic heterocycles. The summed E-state index contributed by atoms with van der Waals surface area (Å²) in [5.41, 5.74) is 7.78. The predicted octanol–water partition coefficient (Wildman–Crippen LogP) is 3.77. The zero-order valence-electron chi connectivity index (χ0n) is 23.5. The van der Waals surface area contributed by atoms with Gasteiger partial charge in [0.2, 0.25) is 0 Å². The van der Waals surface area contributed by atoms with Crippen molar-refractivity contribution in [3.8, 4) is 0 Å². The van der Waals surface area contributed by atoms with Gasteiger partial charge in [0.05, 0.1) is 17.8 Å². The second kappa shape index (κ2) is 10.6. The van der Waals surface area contributed by atoms with Gasteiger partial charge in [-0.3, -0.25) is 4.90 Å². The van der Waals surface area contributed by atoms with Gasteiger partial charge in [-0.05, 0) is 52.5 Å². The fourth-order valence-corrected chi connectivity index (χ4v) is 6.66. The van der Waals surface area contributed by atoms with Crippen molar-refractivity contribution in [3.05, 3.63) is 11.3 Å². The maximum atomic E-state index is 13.9. The number of piperazine rings is 1. The number of urea groups is 1. The van der Waals surface area contributed by atoms with Gasteiger partial charge < -0.3 is 25.0 Å². The zero-order valence-corrected chi connectivity index (χ0v) is 24.5. The first-order valence-corrected chi connectivity index (χ1v) is 17.4. The number of nitrogen functional groups attached to an aromatic ring is 1. The molecule has 2 N–H and O–H groups in total. The highest BCUT2D eigenvalue weighted by Crippen LogP contribution is 2.42. The molecule has 1 aromatic rings. The molecule has 0 radical (unpaired) electrons. The number of nitrogens with zero attached hydrogens (tertiary/aromatic N) is 5. The third-order valence-corrected chi connectivity index (χ3v) is 9.99. The molecule has 36 heavy (non-hydrogen) atoms. The number of nitrogens with two attached hydrogens (primary N) is 1. The van der Waals surface area contributed by atoms with Gasteiger partial charge in [-0.25, -0.2) is 9.48 Å². The van der Waals surface area contributed by atoms with Gasteiger partial charge in [0.15, 0.2) is 5.82 Å². The first kappa shape index (κ1) is 27.4. The summed E-state index contributed by atoms with van der Waals surface area (Å²) < 4.78 is 13.4. The maximum Gasteiger partial charge on any atom is 0.321 e. The Hall–Kier alpha value is -1.62. The van der Waals surface area contributed by atoms with E-state index < -0.39 is 13.6 Å². The van der Waals surface area contributed by atoms with E-state index in [1.54, 1.807) is 0 Å². The first-order valence-electron chi connectivity index (χ1n) is 13.7. The normalized spacial score (nSPS) is 25.4. The number of ether oxygens (including phenoxy) is 2. The van der Waals surface area contributed by atoms with E-state index in [0.717, 1.165) is 69.6 Å². The minimum absolute atomic E-state index is 0.0897. The first-order chi connectivity index (χ1) is 16.9. The standard InChI is InChI=1S/C26H48N6O3Si/c1-19-15-30(20(2)14-29(19)16-21-8-10-34-11-9-21)25(33)31-17-22-23(26(31,3)4)32(28-24(22)27)18-35-12-13-36(5,6)7/h19-21H,8-18H2,1-7H3,(H2,27,28)/t19-,20+/m1/s1. The molecule has 0 spiro atoms. The summed E-state index contributed by atoms with van der Waals surface area (Å²) >= 11 is 0. The number of carbonyl (C=O) groups is 1. The van der Waals surface area contributed by atoms with Crippen LogP contribution >= 0.6 is 0 Å². The number of hydrogen-bond acceptors (Lipinski definition) is 6. The summed E-state index contributed by atoms with van der Waals surface area (Å²) in [5.74, 6) is 1.20. The third kappa shape index (κ3) is 5.76. The Balaban J connectivity index is 1.41. The van der Waals surface area contributed by atoms with Crippen molar-refractivity contribution < 1.29 is 14.3 Å². The molecular weight excluding hydrogens is 472 g/mol. The number of carbonyl (C=O) groups excluding carboxylic acids is 1. The van der Waals surface area contributed by atoms with Gasteiger partial charge in [-0.1, -0.05) is 19.6 Å². The highest BCUT2D eigenvalue weighted by molar-refractivity contribution is 6.76. The smallest absolute Gasteiger partial charge is 0.321 e. The average molecular weight is 521 g/mol. The molecule has 3 aliphatic rings. The van der Waals surface area contributed by atoms with Crippen LogP contribution in [0.15, 0.2) is 0 Å². The van der Waals surface area contributed by atoms with Gasteiger partial charge in [0.1, 0.15) is 6.73 Å². The van der Waals surface area contributed by atoms with Crippen molar-refractivity contribution in [3.63, 3.8) is 0 Å². The molecule has 2 amide bonds. The SMILES string of the molecule is C[C@@H]1CN(C(=O)N2Cc3c(N)nn(COCC[Si](C)(C)C)c3C2(C)C)[C@@H](C)CN1CC1CCOCC1. The van der Waals surface area contributed by atoms with Gasteiger partial charge in [0.25, 0.3) is 0 Å². The van der Waals surface area contributed by atoms with Crippen LogP contribution in [0.5, 0.6) is 0 Å². The summed E-state index contributed by atoms with van der Waals surface area (Å²) in [5, 5.41) is 4.57. The average Bonchev–Trinajstić information content (AvgIpc) is 3.27. The Labute approximate surface area is 218 Å². The molecule has 2 saturated heterocycles. The Kier molecular flexibility index (Phi) is 8.09. The fourth-order valence-electron chi connectivity index (χ4n) is 5.91. The number of rotatable bonds is 7. The van der Waals surface area contributed by atoms with E-state index in [9.17, 15) is 4.79 Å². The van der Waals surface area contributed by atoms with Crippen molar-refractivity contribution in [1.29, 1.82) is 0 Å². The Bertz CT molecular complexity index is 924. The van der Waals surface area contributed by atoms with Crippen LogP contribution in [-0.4, -0.2) is 90.1 Å². The van der Waals surface area contributed by atoms with Gasteiger partial charge in [0, 0.05) is 65.2 Å². The van der Waals surface area contributed by atoms with Gasteiger partial charge in [-0.2, -0.15) is 5.10 Å². The number of hydrogen-bond donors (Lipinski definition) is 1. The zero-order chi connectivity index (χ0) is 26.3. The highest BCUT2D eigenvalue weighted by atomic mass is 28.3. The van der Waals surface area contributed by atoms with E-state index in [4.69, 9.17) is 15.2 Å². The lowest BCUT2D eigenvalue weighted by Crippen LogP contribution is -2.62. The van der Waals surface area contributed by atoms with Crippen LogP contribution in [0, 0.1) is 5.92 Å². The molecule has 204 valence electrons. The minimum Gasteiger partial charge on any atom is -0.382 e. The molecule has 0 saturated carbocycles. The van der Waals surface area contributed by atoms with Crippen LogP contribution < -0.4 is 5.73 Å². The van der Waals surface area contributed by atoms with Gasteiger partial charge >= 0.3 is 6.03 Å². The molecule has 0 aliphatic carbocycles. The number of anilines is 1. The lowest BCUT2D eigenvalue weighted by molar-refractivity contribution is 0.00789. The van der Waals surface area contributed by atoms with E-state index in [2.05, 4.69) is 62.2 Å². The van der Waals surface area contributed by atoms with Crippen LogP contribution in [0.4, 0.5) is 10.6 Å². The minimum atomic E-state index is -1.16. The monoisotopic (exact) mass is 520 g/mol. The molecule has 0 bridgehead atoms. The molecule has 10 heteroatoms. The molecule has 2 fully saturated rings. The predicted molar refractivity (Wildman–Crippen MR) is 145 cm³/mol. The summed E-state index contributed by atoms with van der Waals surface area (Å²) in [6.45, 7) is 21.8. The Morgan fingerprint density at radius 1 is 1.17 bits per heavy atom. The maximum absolute atomic E-state index is 13.9. The second-order valence-electron chi connectivity index (χ2n) is 12.8. The summed E-state index contributed by atoms with van der Waals surface area (Å²) in [4.78, 5) is 20.6. The molecule has 1 aromatic heterocycles. The molecule has 9 nitrogen and oxygen atoms in total. The lowest BCUT2D eigenvalue weighted by Gasteiger charge is -2.47. The van der Waals surface area contributed by atoms with Crippen LogP contribution in [0.3, 0.4) is 0 Å². The highest BCUT2D eigenvalue weighted by Gasteiger charge is 2.47. The number of fused-ring (bicyclic) bond motifs is 1. The van der Waals surface area contributed by atoms with Crippen molar-refractivity contribution in [2.24, 2.45) is 5.92 Å². The fraction of sp³-hybridized carbons (Fsp3) is 0.846. The number of aromatic nitrogens is 2. The van der Waals surface area contributed by atoms with Crippen molar-refractivity contribution >= 4 is 19.9 Å². The molecule has 0 unspecified atom stereocenters. The Morgan fingerprint density at radius 2 is 1.86 bits per heavy atom. The van der Waals surface area contributed by atoms with Crippen LogP contribution in [0.2, 0.25) is 25.7 Å². The largest absolute Gasteiger partial charge is 0.382 e. The quantitative estimate of drug-likeness (QED) is 0.435. The molecule has 4 heterocycles.